The van der Waals surface area contributed by atoms with Crippen LogP contribution in [-0.2, 0) is 16.1 Å². The third-order valence-corrected chi connectivity index (χ3v) is 3.76. The van der Waals surface area contributed by atoms with Crippen molar-refractivity contribution in [3.63, 3.8) is 0 Å². The Morgan fingerprint density at radius 2 is 2.20 bits per heavy atom. The Labute approximate surface area is 115 Å². The molecular weight excluding hydrogens is 258 g/mol. The molecule has 0 aliphatic carbocycles. The Bertz CT molecular complexity index is 688. The lowest BCUT2D eigenvalue weighted by Gasteiger charge is -2.14. The van der Waals surface area contributed by atoms with Gasteiger partial charge in [-0.3, -0.25) is 4.79 Å². The summed E-state index contributed by atoms with van der Waals surface area (Å²) in [7, 11) is 0. The van der Waals surface area contributed by atoms with E-state index in [0.717, 1.165) is 23.0 Å². The van der Waals surface area contributed by atoms with E-state index in [1.807, 2.05) is 25.1 Å². The molecule has 3 rings (SSSR count). The predicted molar refractivity (Wildman–Crippen MR) is 74.3 cm³/mol. The fraction of sp³-hybridized carbons (Fsp3) is 0.429. The average molecular weight is 275 g/mol. The van der Waals surface area contributed by atoms with Gasteiger partial charge in [0.1, 0.15) is 0 Å². The summed E-state index contributed by atoms with van der Waals surface area (Å²) in [6, 6.07) is 5.58. The third kappa shape index (κ3) is 2.46. The summed E-state index contributed by atoms with van der Waals surface area (Å²) in [5, 5.41) is 2.92. The number of aromatic nitrogens is 2. The Morgan fingerprint density at radius 3 is 2.95 bits per heavy atom. The lowest BCUT2D eigenvalue weighted by atomic mass is 10.0. The fourth-order valence-corrected chi connectivity index (χ4v) is 2.59. The van der Waals surface area contributed by atoms with Crippen LogP contribution in [0.5, 0.6) is 0 Å². The number of aromatic amines is 2. The van der Waals surface area contributed by atoms with Crippen molar-refractivity contribution in [3.8, 4) is 0 Å². The van der Waals surface area contributed by atoms with E-state index in [0.29, 0.717) is 13.2 Å². The second kappa shape index (κ2) is 5.13. The van der Waals surface area contributed by atoms with Gasteiger partial charge >= 0.3 is 5.69 Å². The standard InChI is InChI=1S/C14H17N3O3/c1-8-10(4-5-20-8)13(18)15-7-9-2-3-11-12(6-9)17-14(19)16-11/h2-3,6,8,10H,4-5,7H2,1H3,(H,15,18)(H2,16,17,19)/t8-,10+/m1/s1. The van der Waals surface area contributed by atoms with Crippen LogP contribution in [0.2, 0.25) is 0 Å². The van der Waals surface area contributed by atoms with Gasteiger partial charge in [-0.15, -0.1) is 0 Å². The number of H-pyrrole nitrogens is 2. The van der Waals surface area contributed by atoms with E-state index in [1.165, 1.54) is 0 Å². The monoisotopic (exact) mass is 275 g/mol. The number of imidazole rings is 1. The zero-order valence-corrected chi connectivity index (χ0v) is 11.2. The van der Waals surface area contributed by atoms with Crippen LogP contribution < -0.4 is 11.0 Å². The van der Waals surface area contributed by atoms with Crippen molar-refractivity contribution in [2.75, 3.05) is 6.61 Å². The van der Waals surface area contributed by atoms with Gasteiger partial charge in [0.05, 0.1) is 23.1 Å². The molecule has 0 unspecified atom stereocenters. The first-order chi connectivity index (χ1) is 9.63. The van der Waals surface area contributed by atoms with E-state index in [-0.39, 0.29) is 23.6 Å². The molecule has 0 bridgehead atoms. The van der Waals surface area contributed by atoms with Crippen molar-refractivity contribution in [3.05, 3.63) is 34.2 Å². The number of hydrogen-bond donors (Lipinski definition) is 3. The number of amides is 1. The molecule has 20 heavy (non-hydrogen) atoms. The molecule has 2 heterocycles. The van der Waals surface area contributed by atoms with Crippen LogP contribution in [0.15, 0.2) is 23.0 Å². The van der Waals surface area contributed by atoms with Gasteiger partial charge in [-0.05, 0) is 31.0 Å². The Kier molecular flexibility index (Phi) is 3.31. The van der Waals surface area contributed by atoms with Crippen LogP contribution in [0.25, 0.3) is 11.0 Å². The Morgan fingerprint density at radius 1 is 1.40 bits per heavy atom. The molecule has 0 saturated carbocycles. The summed E-state index contributed by atoms with van der Waals surface area (Å²) < 4.78 is 5.39. The van der Waals surface area contributed by atoms with Gasteiger partial charge < -0.3 is 20.0 Å². The molecule has 3 N–H and O–H groups in total. The normalized spacial score (nSPS) is 22.2. The molecule has 6 nitrogen and oxygen atoms in total. The van der Waals surface area contributed by atoms with Crippen LogP contribution in [0.1, 0.15) is 18.9 Å². The highest BCUT2D eigenvalue weighted by Crippen LogP contribution is 2.20. The molecule has 0 radical (unpaired) electrons. The highest BCUT2D eigenvalue weighted by atomic mass is 16.5. The minimum absolute atomic E-state index is 0.0153. The highest BCUT2D eigenvalue weighted by Gasteiger charge is 2.30. The van der Waals surface area contributed by atoms with Crippen molar-refractivity contribution >= 4 is 16.9 Å². The molecule has 1 aromatic carbocycles. The summed E-state index contributed by atoms with van der Waals surface area (Å²) >= 11 is 0. The summed E-state index contributed by atoms with van der Waals surface area (Å²) in [4.78, 5) is 28.6. The van der Waals surface area contributed by atoms with Gasteiger partial charge in [0.15, 0.2) is 0 Å². The van der Waals surface area contributed by atoms with Crippen LogP contribution in [0, 0.1) is 5.92 Å². The molecule has 6 heteroatoms. The molecule has 1 aliphatic heterocycles. The summed E-state index contributed by atoms with van der Waals surface area (Å²) in [5.74, 6) is -0.0385. The van der Waals surface area contributed by atoms with Crippen LogP contribution >= 0.6 is 0 Å². The topological polar surface area (TPSA) is 87.0 Å². The van der Waals surface area contributed by atoms with Gasteiger partial charge in [0, 0.05) is 13.2 Å². The zero-order valence-electron chi connectivity index (χ0n) is 11.2. The lowest BCUT2D eigenvalue weighted by molar-refractivity contribution is -0.126. The van der Waals surface area contributed by atoms with Crippen LogP contribution in [0.4, 0.5) is 0 Å². The van der Waals surface area contributed by atoms with Gasteiger partial charge in [-0.2, -0.15) is 0 Å². The Hall–Kier alpha value is -2.08. The first-order valence-electron chi connectivity index (χ1n) is 6.74. The maximum absolute atomic E-state index is 12.0. The molecule has 2 aromatic rings. The average Bonchev–Trinajstić information content (AvgIpc) is 3.00. The van der Waals surface area contributed by atoms with Crippen molar-refractivity contribution in [2.45, 2.75) is 26.0 Å². The lowest BCUT2D eigenvalue weighted by Crippen LogP contribution is -2.33. The van der Waals surface area contributed by atoms with Crippen molar-refractivity contribution < 1.29 is 9.53 Å². The van der Waals surface area contributed by atoms with E-state index in [1.54, 1.807) is 0 Å². The second-order valence-corrected chi connectivity index (χ2v) is 5.15. The van der Waals surface area contributed by atoms with E-state index < -0.39 is 0 Å². The molecule has 1 amide bonds. The first kappa shape index (κ1) is 12.9. The molecule has 2 atom stereocenters. The fourth-order valence-electron chi connectivity index (χ4n) is 2.59. The number of benzene rings is 1. The third-order valence-electron chi connectivity index (χ3n) is 3.76. The SMILES string of the molecule is C[C@H]1OCC[C@@H]1C(=O)NCc1ccc2[nH]c(=O)[nH]c2c1. The molecule has 106 valence electrons. The first-order valence-corrected chi connectivity index (χ1v) is 6.74. The molecule has 1 fully saturated rings. The van der Waals surface area contributed by atoms with Gasteiger partial charge in [-0.1, -0.05) is 6.07 Å². The number of rotatable bonds is 3. The number of carbonyl (C=O) groups excluding carboxylic acids is 1. The summed E-state index contributed by atoms with van der Waals surface area (Å²) in [6.07, 6.45) is 0.760. The number of fused-ring (bicyclic) bond motifs is 1. The molecule has 1 saturated heterocycles. The molecule has 1 aliphatic rings. The predicted octanol–water partition coefficient (Wildman–Crippen LogP) is 0.897. The zero-order chi connectivity index (χ0) is 14.1. The molecule has 0 spiro atoms. The van der Waals surface area contributed by atoms with E-state index in [4.69, 9.17) is 4.74 Å². The number of nitrogens with one attached hydrogen (secondary N) is 3. The maximum Gasteiger partial charge on any atom is 0.323 e. The van der Waals surface area contributed by atoms with Crippen molar-refractivity contribution in [1.29, 1.82) is 0 Å². The Balaban J connectivity index is 1.67. The van der Waals surface area contributed by atoms with Crippen LogP contribution in [-0.4, -0.2) is 28.6 Å². The minimum Gasteiger partial charge on any atom is -0.378 e. The highest BCUT2D eigenvalue weighted by molar-refractivity contribution is 5.80. The van der Waals surface area contributed by atoms with Gasteiger partial charge in [0.2, 0.25) is 5.91 Å². The van der Waals surface area contributed by atoms with E-state index >= 15 is 0 Å². The number of hydrogen-bond acceptors (Lipinski definition) is 3. The quantitative estimate of drug-likeness (QED) is 0.777. The maximum atomic E-state index is 12.0. The second-order valence-electron chi connectivity index (χ2n) is 5.15. The van der Waals surface area contributed by atoms with Crippen LogP contribution in [0.3, 0.4) is 0 Å². The van der Waals surface area contributed by atoms with Gasteiger partial charge in [-0.25, -0.2) is 4.79 Å². The van der Waals surface area contributed by atoms with Crippen molar-refractivity contribution in [2.24, 2.45) is 5.92 Å². The smallest absolute Gasteiger partial charge is 0.323 e. The molecule has 1 aromatic heterocycles. The van der Waals surface area contributed by atoms with Crippen molar-refractivity contribution in [1.82, 2.24) is 15.3 Å². The number of ether oxygens (including phenoxy) is 1. The summed E-state index contributed by atoms with van der Waals surface area (Å²) in [6.45, 7) is 3.02. The van der Waals surface area contributed by atoms with E-state index in [9.17, 15) is 9.59 Å². The minimum atomic E-state index is -0.224. The van der Waals surface area contributed by atoms with E-state index in [2.05, 4.69) is 15.3 Å². The number of carbonyl (C=O) groups is 1. The largest absolute Gasteiger partial charge is 0.378 e. The van der Waals surface area contributed by atoms with Gasteiger partial charge in [0.25, 0.3) is 0 Å². The molecular formula is C14H17N3O3. The summed E-state index contributed by atoms with van der Waals surface area (Å²) in [5.41, 5.74) is 2.24.